The molecule has 0 spiro atoms. The molecule has 1 saturated carbocycles. The Bertz CT molecular complexity index is 808. The van der Waals surface area contributed by atoms with Crippen molar-refractivity contribution >= 4 is 5.78 Å². The zero-order chi connectivity index (χ0) is 21.1. The summed E-state index contributed by atoms with van der Waals surface area (Å²) in [6, 6.07) is 8.05. The second-order valence-corrected chi connectivity index (χ2v) is 9.24. The van der Waals surface area contributed by atoms with Crippen LogP contribution in [0.3, 0.4) is 0 Å². The summed E-state index contributed by atoms with van der Waals surface area (Å²) in [6.45, 7) is 3.55. The first kappa shape index (κ1) is 21.4. The molecule has 162 valence electrons. The van der Waals surface area contributed by atoms with Gasteiger partial charge in [0.1, 0.15) is 5.82 Å². The number of methoxy groups -OCH3 is 1. The summed E-state index contributed by atoms with van der Waals surface area (Å²) in [4.78, 5) is 15.0. The summed E-state index contributed by atoms with van der Waals surface area (Å²) in [5.41, 5.74) is 1.56. The Morgan fingerprint density at radius 1 is 1.40 bits per heavy atom. The molecule has 2 aliphatic heterocycles. The number of ketones is 1. The molecular formula is C24H32FN3O2. The van der Waals surface area contributed by atoms with E-state index >= 15 is 0 Å². The fraction of sp³-hybridized carbons (Fsp3) is 0.667. The molecule has 3 fully saturated rings. The fourth-order valence-corrected chi connectivity index (χ4v) is 5.53. The van der Waals surface area contributed by atoms with Gasteiger partial charge in [0.05, 0.1) is 24.6 Å². The number of hydrogen-bond donors (Lipinski definition) is 1. The minimum absolute atomic E-state index is 0.102. The first-order valence-electron chi connectivity index (χ1n) is 11.3. The van der Waals surface area contributed by atoms with E-state index in [4.69, 9.17) is 4.74 Å². The minimum atomic E-state index is -0.477. The number of carbonyl (C=O) groups is 1. The Hall–Kier alpha value is -1.81. The Morgan fingerprint density at radius 2 is 2.27 bits per heavy atom. The van der Waals surface area contributed by atoms with Crippen molar-refractivity contribution in [1.82, 2.24) is 10.2 Å². The number of nitrogens with one attached hydrogen (secondary N) is 1. The van der Waals surface area contributed by atoms with Gasteiger partial charge in [-0.1, -0.05) is 12.1 Å². The van der Waals surface area contributed by atoms with Crippen molar-refractivity contribution in [1.29, 1.82) is 5.26 Å². The maximum atomic E-state index is 14.8. The molecule has 30 heavy (non-hydrogen) atoms. The van der Waals surface area contributed by atoms with Crippen molar-refractivity contribution in [2.75, 3.05) is 33.4 Å². The topological polar surface area (TPSA) is 65.4 Å². The minimum Gasteiger partial charge on any atom is -0.383 e. The summed E-state index contributed by atoms with van der Waals surface area (Å²) in [7, 11) is 1.71. The van der Waals surface area contributed by atoms with Crippen molar-refractivity contribution in [2.24, 2.45) is 11.8 Å². The number of fused-ring (bicyclic) bond motifs is 2. The molecule has 5 atom stereocenters. The number of likely N-dealkylation sites (tertiary alicyclic amines) is 1. The number of benzene rings is 1. The standard InChI is InChI=1S/C24H32FN3O2/c1-30-9-8-28-7-6-20(15-28)17-2-3-18(22(25)13-17)10-16(14-26)11-23(29)24-19-4-5-21(12-19)27-24/h2-3,13,16,19-21,24,27H,4-12,15H2,1H3/t16-,19+,20?,21-,24+/m1/s1. The number of Topliss-reactive ketones (excluding diaryl/α,β-unsaturated/α-hetero) is 1. The summed E-state index contributed by atoms with van der Waals surface area (Å²) in [5.74, 6) is 0.145. The number of halogens is 1. The van der Waals surface area contributed by atoms with Crippen LogP contribution in [0.4, 0.5) is 4.39 Å². The van der Waals surface area contributed by atoms with Crippen LogP contribution in [0.2, 0.25) is 0 Å². The molecular weight excluding hydrogens is 381 g/mol. The van der Waals surface area contributed by atoms with Gasteiger partial charge in [0.15, 0.2) is 5.78 Å². The van der Waals surface area contributed by atoms with Crippen molar-refractivity contribution < 1.29 is 13.9 Å². The first-order chi connectivity index (χ1) is 14.6. The SMILES string of the molecule is COCCN1CCC(c2ccc(C[C@@H](C#N)CC(=O)[C@H]3N[C@@H]4CC[C@H]3C4)c(F)c2)C1. The molecule has 1 aromatic carbocycles. The third kappa shape index (κ3) is 4.74. The molecule has 2 bridgehead atoms. The molecule has 0 aromatic heterocycles. The van der Waals surface area contributed by atoms with Gasteiger partial charge in [0, 0.05) is 32.7 Å². The van der Waals surface area contributed by atoms with E-state index < -0.39 is 5.92 Å². The zero-order valence-electron chi connectivity index (χ0n) is 17.8. The lowest BCUT2D eigenvalue weighted by atomic mass is 9.88. The summed E-state index contributed by atoms with van der Waals surface area (Å²) < 4.78 is 20.0. The van der Waals surface area contributed by atoms with Crippen LogP contribution in [-0.4, -0.2) is 56.1 Å². The van der Waals surface area contributed by atoms with E-state index in [0.717, 1.165) is 50.9 Å². The molecule has 1 aromatic rings. The normalized spacial score (nSPS) is 29.2. The van der Waals surface area contributed by atoms with Crippen LogP contribution in [0.1, 0.15) is 49.1 Å². The van der Waals surface area contributed by atoms with E-state index in [9.17, 15) is 14.4 Å². The lowest BCUT2D eigenvalue weighted by Gasteiger charge is -2.23. The highest BCUT2D eigenvalue weighted by Gasteiger charge is 2.42. The lowest BCUT2D eigenvalue weighted by Crippen LogP contribution is -2.42. The number of hydrogen-bond acceptors (Lipinski definition) is 5. The molecule has 1 unspecified atom stereocenters. The van der Waals surface area contributed by atoms with E-state index in [-0.39, 0.29) is 24.1 Å². The quantitative estimate of drug-likeness (QED) is 0.674. The van der Waals surface area contributed by atoms with Gasteiger partial charge in [-0.3, -0.25) is 4.79 Å². The Balaban J connectivity index is 1.33. The van der Waals surface area contributed by atoms with Crippen molar-refractivity contribution in [3.8, 4) is 6.07 Å². The number of nitrogens with zero attached hydrogens (tertiary/aromatic N) is 2. The average Bonchev–Trinajstić information content (AvgIpc) is 3.50. The summed E-state index contributed by atoms with van der Waals surface area (Å²) in [5, 5.41) is 13.0. The van der Waals surface area contributed by atoms with Gasteiger partial charge in [-0.15, -0.1) is 0 Å². The number of ether oxygens (including phenoxy) is 1. The van der Waals surface area contributed by atoms with Gasteiger partial charge < -0.3 is 15.0 Å². The Morgan fingerprint density at radius 3 is 2.93 bits per heavy atom. The smallest absolute Gasteiger partial charge is 0.151 e. The fourth-order valence-electron chi connectivity index (χ4n) is 5.53. The van der Waals surface area contributed by atoms with Crippen LogP contribution in [0.5, 0.6) is 0 Å². The second-order valence-electron chi connectivity index (χ2n) is 9.24. The molecule has 3 aliphatic rings. The highest BCUT2D eigenvalue weighted by atomic mass is 19.1. The molecule has 0 radical (unpaired) electrons. The van der Waals surface area contributed by atoms with Gasteiger partial charge >= 0.3 is 0 Å². The zero-order valence-corrected chi connectivity index (χ0v) is 17.8. The van der Waals surface area contributed by atoms with Gasteiger partial charge in [0.2, 0.25) is 0 Å². The lowest BCUT2D eigenvalue weighted by molar-refractivity contribution is -0.122. The predicted octanol–water partition coefficient (Wildman–Crippen LogP) is 3.04. The van der Waals surface area contributed by atoms with Gasteiger partial charge in [-0.25, -0.2) is 4.39 Å². The van der Waals surface area contributed by atoms with E-state index in [1.165, 1.54) is 0 Å². The van der Waals surface area contributed by atoms with Crippen molar-refractivity contribution in [3.05, 3.63) is 35.1 Å². The van der Waals surface area contributed by atoms with Crippen LogP contribution in [-0.2, 0) is 16.0 Å². The van der Waals surface area contributed by atoms with E-state index in [1.54, 1.807) is 13.2 Å². The molecule has 4 rings (SSSR count). The number of nitriles is 1. The van der Waals surface area contributed by atoms with E-state index in [1.807, 2.05) is 12.1 Å². The average molecular weight is 414 g/mol. The van der Waals surface area contributed by atoms with Crippen molar-refractivity contribution in [2.45, 2.75) is 56.5 Å². The van der Waals surface area contributed by atoms with E-state index in [2.05, 4.69) is 16.3 Å². The highest BCUT2D eigenvalue weighted by molar-refractivity contribution is 5.85. The van der Waals surface area contributed by atoms with Crippen LogP contribution in [0, 0.1) is 29.0 Å². The van der Waals surface area contributed by atoms with E-state index in [0.29, 0.717) is 36.5 Å². The molecule has 1 N–H and O–H groups in total. The predicted molar refractivity (Wildman–Crippen MR) is 113 cm³/mol. The molecule has 2 heterocycles. The maximum absolute atomic E-state index is 14.8. The highest BCUT2D eigenvalue weighted by Crippen LogP contribution is 2.36. The van der Waals surface area contributed by atoms with Gasteiger partial charge in [-0.05, 0) is 67.7 Å². The maximum Gasteiger partial charge on any atom is 0.151 e. The molecule has 0 amide bonds. The molecule has 2 saturated heterocycles. The van der Waals surface area contributed by atoms with Gasteiger partial charge in [-0.2, -0.15) is 5.26 Å². The molecule has 1 aliphatic carbocycles. The Labute approximate surface area is 178 Å². The van der Waals surface area contributed by atoms with Gasteiger partial charge in [0.25, 0.3) is 0 Å². The molecule has 6 heteroatoms. The number of piperidine rings is 1. The van der Waals surface area contributed by atoms with Crippen LogP contribution >= 0.6 is 0 Å². The Kier molecular flexibility index (Phi) is 6.82. The summed E-state index contributed by atoms with van der Waals surface area (Å²) >= 11 is 0. The largest absolute Gasteiger partial charge is 0.383 e. The third-order valence-electron chi connectivity index (χ3n) is 7.24. The second kappa shape index (κ2) is 9.55. The monoisotopic (exact) mass is 413 g/mol. The number of rotatable bonds is 9. The third-order valence-corrected chi connectivity index (χ3v) is 7.24. The number of carbonyl (C=O) groups excluding carboxylic acids is 1. The first-order valence-corrected chi connectivity index (χ1v) is 11.3. The van der Waals surface area contributed by atoms with Crippen LogP contribution in [0.15, 0.2) is 18.2 Å². The van der Waals surface area contributed by atoms with Crippen LogP contribution < -0.4 is 5.32 Å². The van der Waals surface area contributed by atoms with Crippen molar-refractivity contribution in [3.63, 3.8) is 0 Å². The van der Waals surface area contributed by atoms with Crippen LogP contribution in [0.25, 0.3) is 0 Å². The molecule has 5 nitrogen and oxygen atoms in total. The summed E-state index contributed by atoms with van der Waals surface area (Å²) in [6.07, 6.45) is 4.85.